The first-order chi connectivity index (χ1) is 12.1. The fourth-order valence-corrected chi connectivity index (χ4v) is 3.80. The van der Waals surface area contributed by atoms with Crippen molar-refractivity contribution >= 4 is 35.2 Å². The molecule has 1 aliphatic heterocycles. The van der Waals surface area contributed by atoms with Crippen LogP contribution in [0.5, 0.6) is 0 Å². The molecular weight excluding hydrogens is 359 g/mol. The number of nitrogens with zero attached hydrogens (tertiary/aromatic N) is 1. The first-order valence-electron chi connectivity index (χ1n) is 8.25. The van der Waals surface area contributed by atoms with Crippen molar-refractivity contribution in [2.24, 2.45) is 5.41 Å². The van der Waals surface area contributed by atoms with Crippen LogP contribution in [0.25, 0.3) is 0 Å². The van der Waals surface area contributed by atoms with Crippen molar-refractivity contribution in [3.8, 4) is 0 Å². The highest BCUT2D eigenvalue weighted by molar-refractivity contribution is 7.99. The van der Waals surface area contributed by atoms with Crippen molar-refractivity contribution in [2.45, 2.75) is 39.7 Å². The molecule has 0 bridgehead atoms. The number of thioether (sulfide) groups is 1. The Bertz CT molecular complexity index is 718. The van der Waals surface area contributed by atoms with Crippen molar-refractivity contribution in [1.82, 2.24) is 4.90 Å². The topological polar surface area (TPSA) is 86.7 Å². The summed E-state index contributed by atoms with van der Waals surface area (Å²) in [6.45, 7) is 5.89. The lowest BCUT2D eigenvalue weighted by Crippen LogP contribution is -2.45. The largest absolute Gasteiger partial charge is 0.481 e. The molecule has 6 nitrogen and oxygen atoms in total. The molecule has 26 heavy (non-hydrogen) atoms. The zero-order valence-electron chi connectivity index (χ0n) is 15.0. The van der Waals surface area contributed by atoms with Gasteiger partial charge in [0.25, 0.3) is 0 Å². The van der Waals surface area contributed by atoms with E-state index in [1.165, 1.54) is 23.9 Å². The summed E-state index contributed by atoms with van der Waals surface area (Å²) in [4.78, 5) is 37.2. The number of anilines is 1. The third-order valence-corrected chi connectivity index (χ3v) is 4.86. The molecule has 142 valence electrons. The van der Waals surface area contributed by atoms with E-state index >= 15 is 0 Å². The predicted molar refractivity (Wildman–Crippen MR) is 98.4 cm³/mol. The van der Waals surface area contributed by atoms with Gasteiger partial charge in [-0.25, -0.2) is 4.39 Å². The summed E-state index contributed by atoms with van der Waals surface area (Å²) in [5, 5.41) is 11.4. The molecular formula is C18H23FN2O4S. The molecule has 1 fully saturated rings. The molecule has 1 unspecified atom stereocenters. The van der Waals surface area contributed by atoms with Gasteiger partial charge in [-0.05, 0) is 23.1 Å². The van der Waals surface area contributed by atoms with E-state index in [4.69, 9.17) is 5.11 Å². The van der Waals surface area contributed by atoms with Crippen LogP contribution >= 0.6 is 11.8 Å². The van der Waals surface area contributed by atoms with Crippen molar-refractivity contribution in [1.29, 1.82) is 0 Å². The van der Waals surface area contributed by atoms with Crippen LogP contribution in [-0.4, -0.2) is 45.5 Å². The van der Waals surface area contributed by atoms with Gasteiger partial charge in [-0.15, -0.1) is 11.8 Å². The van der Waals surface area contributed by atoms with Gasteiger partial charge in [-0.1, -0.05) is 26.8 Å². The molecule has 2 amide bonds. The van der Waals surface area contributed by atoms with E-state index < -0.39 is 24.2 Å². The van der Waals surface area contributed by atoms with E-state index in [-0.39, 0.29) is 28.5 Å². The number of halogens is 1. The number of carbonyl (C=O) groups excluding carboxylic acids is 2. The summed E-state index contributed by atoms with van der Waals surface area (Å²) in [5.74, 6) is -1.32. The number of hydrogen-bond acceptors (Lipinski definition) is 4. The molecule has 0 aliphatic carbocycles. The number of carbonyl (C=O) groups is 3. The fourth-order valence-electron chi connectivity index (χ4n) is 2.62. The van der Waals surface area contributed by atoms with Crippen LogP contribution in [0.4, 0.5) is 10.1 Å². The Morgan fingerprint density at radius 1 is 1.35 bits per heavy atom. The Hall–Kier alpha value is -2.09. The van der Waals surface area contributed by atoms with Gasteiger partial charge in [0, 0.05) is 17.9 Å². The molecule has 1 atom stereocenters. The molecule has 0 saturated carbocycles. The maximum Gasteiger partial charge on any atom is 0.307 e. The standard InChI is InChI=1S/C18H23FN2O4S/c1-18(2,3)8-15(22)21-10-26-9-14(21)17(25)20-12-5-4-11(6-16(23)24)13(19)7-12/h4-5,7,14H,6,8-10H2,1-3H3,(H,20,25)(H,23,24). The quantitative estimate of drug-likeness (QED) is 0.818. The first-order valence-corrected chi connectivity index (χ1v) is 9.40. The Balaban J connectivity index is 2.05. The van der Waals surface area contributed by atoms with E-state index in [1.807, 2.05) is 20.8 Å². The number of aliphatic carboxylic acids is 1. The molecule has 8 heteroatoms. The second kappa shape index (κ2) is 8.07. The molecule has 0 radical (unpaired) electrons. The lowest BCUT2D eigenvalue weighted by Gasteiger charge is -2.26. The summed E-state index contributed by atoms with van der Waals surface area (Å²) in [5.41, 5.74) is 0.115. The van der Waals surface area contributed by atoms with Crippen molar-refractivity contribution in [2.75, 3.05) is 16.9 Å². The van der Waals surface area contributed by atoms with Gasteiger partial charge < -0.3 is 15.3 Å². The smallest absolute Gasteiger partial charge is 0.307 e. The maximum absolute atomic E-state index is 13.9. The lowest BCUT2D eigenvalue weighted by molar-refractivity contribution is -0.137. The predicted octanol–water partition coefficient (Wildman–Crippen LogP) is 2.73. The van der Waals surface area contributed by atoms with E-state index in [1.54, 1.807) is 4.90 Å². The van der Waals surface area contributed by atoms with E-state index in [9.17, 15) is 18.8 Å². The number of nitrogens with one attached hydrogen (secondary N) is 1. The SMILES string of the molecule is CC(C)(C)CC(=O)N1CSCC1C(=O)Nc1ccc(CC(=O)O)c(F)c1. The zero-order valence-corrected chi connectivity index (χ0v) is 15.9. The van der Waals surface area contributed by atoms with Gasteiger partial charge in [0.1, 0.15) is 11.9 Å². The Morgan fingerprint density at radius 2 is 2.04 bits per heavy atom. The number of benzene rings is 1. The zero-order chi connectivity index (χ0) is 19.5. The number of carboxylic acid groups (broad SMARTS) is 1. The number of hydrogen-bond donors (Lipinski definition) is 2. The Labute approximate surface area is 156 Å². The van der Waals surface area contributed by atoms with Gasteiger partial charge in [0.2, 0.25) is 11.8 Å². The van der Waals surface area contributed by atoms with E-state index in [2.05, 4.69) is 5.32 Å². The second-order valence-electron chi connectivity index (χ2n) is 7.48. The van der Waals surface area contributed by atoms with E-state index in [0.717, 1.165) is 6.07 Å². The minimum absolute atomic E-state index is 0.0499. The highest BCUT2D eigenvalue weighted by atomic mass is 32.2. The second-order valence-corrected chi connectivity index (χ2v) is 8.48. The highest BCUT2D eigenvalue weighted by Crippen LogP contribution is 2.27. The Morgan fingerprint density at radius 3 is 2.62 bits per heavy atom. The molecule has 1 aromatic rings. The summed E-state index contributed by atoms with van der Waals surface area (Å²) >= 11 is 1.50. The molecule has 0 aromatic heterocycles. The van der Waals surface area contributed by atoms with Crippen LogP contribution in [-0.2, 0) is 20.8 Å². The monoisotopic (exact) mass is 382 g/mol. The van der Waals surface area contributed by atoms with Gasteiger partial charge in [-0.2, -0.15) is 0 Å². The average Bonchev–Trinajstić information content (AvgIpc) is 2.97. The van der Waals surface area contributed by atoms with Crippen molar-refractivity contribution < 1.29 is 23.9 Å². The average molecular weight is 382 g/mol. The highest BCUT2D eigenvalue weighted by Gasteiger charge is 2.35. The fraction of sp³-hybridized carbons (Fsp3) is 0.500. The summed E-state index contributed by atoms with van der Waals surface area (Å²) in [6, 6.07) is 3.30. The maximum atomic E-state index is 13.9. The minimum Gasteiger partial charge on any atom is -0.481 e. The normalized spacial score (nSPS) is 17.2. The molecule has 2 rings (SSSR count). The minimum atomic E-state index is -1.13. The molecule has 2 N–H and O–H groups in total. The van der Waals surface area contributed by atoms with E-state index in [0.29, 0.717) is 18.1 Å². The van der Waals surface area contributed by atoms with Gasteiger partial charge >= 0.3 is 5.97 Å². The Kier molecular flexibility index (Phi) is 6.28. The lowest BCUT2D eigenvalue weighted by atomic mass is 9.91. The van der Waals surface area contributed by atoms with Crippen LogP contribution in [0.1, 0.15) is 32.8 Å². The van der Waals surface area contributed by atoms with Crippen molar-refractivity contribution in [3.63, 3.8) is 0 Å². The first kappa shape index (κ1) is 20.2. The van der Waals surface area contributed by atoms with Crippen LogP contribution in [0.15, 0.2) is 18.2 Å². The third kappa shape index (κ3) is 5.45. The van der Waals surface area contributed by atoms with Crippen LogP contribution in [0.2, 0.25) is 0 Å². The van der Waals surface area contributed by atoms with Crippen LogP contribution < -0.4 is 5.32 Å². The number of amides is 2. The molecule has 1 aromatic carbocycles. The molecule has 1 aliphatic rings. The number of rotatable bonds is 5. The van der Waals surface area contributed by atoms with Gasteiger partial charge in [0.05, 0.1) is 12.3 Å². The molecule has 1 heterocycles. The van der Waals surface area contributed by atoms with Crippen LogP contribution in [0, 0.1) is 11.2 Å². The van der Waals surface area contributed by atoms with Crippen molar-refractivity contribution in [3.05, 3.63) is 29.6 Å². The summed E-state index contributed by atoms with van der Waals surface area (Å²) in [6.07, 6.45) is -0.0791. The number of carboxylic acids is 1. The van der Waals surface area contributed by atoms with Gasteiger partial charge in [-0.3, -0.25) is 14.4 Å². The summed E-state index contributed by atoms with van der Waals surface area (Å²) < 4.78 is 13.9. The molecule has 1 saturated heterocycles. The van der Waals surface area contributed by atoms with Crippen LogP contribution in [0.3, 0.4) is 0 Å². The third-order valence-electron chi connectivity index (χ3n) is 3.85. The summed E-state index contributed by atoms with van der Waals surface area (Å²) in [7, 11) is 0. The molecule has 0 spiro atoms. The van der Waals surface area contributed by atoms with Gasteiger partial charge in [0.15, 0.2) is 0 Å².